The van der Waals surface area contributed by atoms with Crippen LogP contribution in [0.5, 0.6) is 0 Å². The first-order valence-electron chi connectivity index (χ1n) is 5.56. The number of benzene rings is 1. The number of thiazole rings is 1. The molecule has 3 N–H and O–H groups in total. The molecule has 0 unspecified atom stereocenters. The van der Waals surface area contributed by atoms with E-state index < -0.39 is 0 Å². The van der Waals surface area contributed by atoms with Crippen LogP contribution in [0.1, 0.15) is 4.88 Å². The zero-order valence-electron chi connectivity index (χ0n) is 9.59. The fourth-order valence-corrected chi connectivity index (χ4v) is 2.73. The predicted octanol–water partition coefficient (Wildman–Crippen LogP) is 1.68. The maximum atomic E-state index is 11.6. The normalized spacial score (nSPS) is 14.2. The molecule has 0 spiro atoms. The van der Waals surface area contributed by atoms with Crippen LogP contribution >= 0.6 is 11.3 Å². The van der Waals surface area contributed by atoms with Crippen molar-refractivity contribution in [3.8, 4) is 0 Å². The minimum Gasteiger partial charge on any atom is -0.375 e. The van der Waals surface area contributed by atoms with Crippen molar-refractivity contribution >= 4 is 33.8 Å². The number of nitrogens with two attached hydrogens (primary N) is 1. The van der Waals surface area contributed by atoms with Gasteiger partial charge in [-0.3, -0.25) is 4.79 Å². The van der Waals surface area contributed by atoms with E-state index in [-0.39, 0.29) is 5.91 Å². The second-order valence-electron chi connectivity index (χ2n) is 4.09. The van der Waals surface area contributed by atoms with E-state index in [1.54, 1.807) is 6.20 Å². The molecule has 6 heteroatoms. The zero-order chi connectivity index (χ0) is 12.5. The fraction of sp³-hybridized carbons (Fsp3) is 0.167. The van der Waals surface area contributed by atoms with Crippen LogP contribution in [0.3, 0.4) is 0 Å². The predicted molar refractivity (Wildman–Crippen MR) is 72.6 cm³/mol. The molecular formula is C12H12N4OS. The molecule has 1 aromatic carbocycles. The summed E-state index contributed by atoms with van der Waals surface area (Å²) >= 11 is 1.45. The van der Waals surface area contributed by atoms with Crippen molar-refractivity contribution < 1.29 is 4.79 Å². The monoisotopic (exact) mass is 260 g/mol. The highest BCUT2D eigenvalue weighted by atomic mass is 32.1. The number of hydrogen-bond acceptors (Lipinski definition) is 5. The van der Waals surface area contributed by atoms with Gasteiger partial charge >= 0.3 is 0 Å². The van der Waals surface area contributed by atoms with Gasteiger partial charge in [0.1, 0.15) is 0 Å². The van der Waals surface area contributed by atoms with E-state index in [0.29, 0.717) is 18.2 Å². The molecule has 5 nitrogen and oxygen atoms in total. The summed E-state index contributed by atoms with van der Waals surface area (Å²) in [7, 11) is 0. The molecular weight excluding hydrogens is 248 g/mol. The molecule has 0 atom stereocenters. The fourth-order valence-electron chi connectivity index (χ4n) is 2.03. The van der Waals surface area contributed by atoms with Gasteiger partial charge in [-0.05, 0) is 12.1 Å². The molecule has 1 amide bonds. The van der Waals surface area contributed by atoms with Gasteiger partial charge in [-0.15, -0.1) is 11.3 Å². The first-order valence-corrected chi connectivity index (χ1v) is 6.38. The smallest absolute Gasteiger partial charge is 0.243 e. The number of carbonyl (C=O) groups is 1. The molecule has 18 heavy (non-hydrogen) atoms. The van der Waals surface area contributed by atoms with Gasteiger partial charge in [-0.1, -0.05) is 12.1 Å². The van der Waals surface area contributed by atoms with Crippen LogP contribution in [0, 0.1) is 0 Å². The minimum absolute atomic E-state index is 0.00573. The van der Waals surface area contributed by atoms with Gasteiger partial charge in [0, 0.05) is 11.1 Å². The highest BCUT2D eigenvalue weighted by molar-refractivity contribution is 7.15. The van der Waals surface area contributed by atoms with E-state index in [0.717, 1.165) is 16.3 Å². The zero-order valence-corrected chi connectivity index (χ0v) is 10.4. The number of nitrogen functional groups attached to an aromatic ring is 1. The maximum Gasteiger partial charge on any atom is 0.243 e. The van der Waals surface area contributed by atoms with Crippen LogP contribution in [0.2, 0.25) is 0 Å². The molecule has 3 rings (SSSR count). The van der Waals surface area contributed by atoms with Crippen molar-refractivity contribution in [2.45, 2.75) is 6.54 Å². The number of amides is 1. The summed E-state index contributed by atoms with van der Waals surface area (Å²) in [6, 6.07) is 7.78. The molecule has 1 aromatic heterocycles. The molecule has 0 saturated heterocycles. The number of nitrogens with one attached hydrogen (secondary N) is 1. The lowest BCUT2D eigenvalue weighted by Crippen LogP contribution is -2.37. The minimum atomic E-state index is 0.00573. The maximum absolute atomic E-state index is 11.6. The first-order chi connectivity index (χ1) is 8.72. The summed E-state index contributed by atoms with van der Waals surface area (Å²) in [5, 5.41) is 3.42. The molecule has 1 aliphatic rings. The standard InChI is InChI=1S/C12H12N4OS/c13-12-14-5-8(18-12)6-16-7-11(17)15-9-3-1-2-4-10(9)16/h1-5H,6-7H2,(H2,13,14)(H,15,17). The number of anilines is 3. The van der Waals surface area contributed by atoms with E-state index in [2.05, 4.69) is 10.3 Å². The largest absolute Gasteiger partial charge is 0.375 e. The van der Waals surface area contributed by atoms with Crippen LogP contribution in [-0.4, -0.2) is 17.4 Å². The second kappa shape index (κ2) is 4.30. The number of para-hydroxylation sites is 2. The number of aromatic nitrogens is 1. The summed E-state index contributed by atoms with van der Waals surface area (Å²) < 4.78 is 0. The summed E-state index contributed by atoms with van der Waals surface area (Å²) in [6.45, 7) is 1.01. The first kappa shape index (κ1) is 11.0. The average Bonchev–Trinajstić information content (AvgIpc) is 2.74. The van der Waals surface area contributed by atoms with Crippen molar-refractivity contribution in [3.63, 3.8) is 0 Å². The van der Waals surface area contributed by atoms with E-state index >= 15 is 0 Å². The lowest BCUT2D eigenvalue weighted by Gasteiger charge is -2.30. The number of hydrogen-bond donors (Lipinski definition) is 2. The molecule has 2 heterocycles. The Kier molecular flexibility index (Phi) is 2.64. The Bertz CT molecular complexity index is 595. The van der Waals surface area contributed by atoms with Gasteiger partial charge in [0.15, 0.2) is 5.13 Å². The summed E-state index contributed by atoms with van der Waals surface area (Å²) in [5.74, 6) is 0.00573. The van der Waals surface area contributed by atoms with Gasteiger partial charge in [0.25, 0.3) is 0 Å². The van der Waals surface area contributed by atoms with Gasteiger partial charge < -0.3 is 16.0 Å². The van der Waals surface area contributed by atoms with Crippen LogP contribution < -0.4 is 16.0 Å². The quantitative estimate of drug-likeness (QED) is 0.862. The highest BCUT2D eigenvalue weighted by Gasteiger charge is 2.21. The molecule has 2 aromatic rings. The van der Waals surface area contributed by atoms with E-state index in [1.165, 1.54) is 11.3 Å². The van der Waals surface area contributed by atoms with Gasteiger partial charge in [-0.25, -0.2) is 4.98 Å². The lowest BCUT2D eigenvalue weighted by molar-refractivity contribution is -0.115. The van der Waals surface area contributed by atoms with Crippen LogP contribution in [0.25, 0.3) is 0 Å². The van der Waals surface area contributed by atoms with Gasteiger partial charge in [-0.2, -0.15) is 0 Å². The Labute approximate surface area is 108 Å². The van der Waals surface area contributed by atoms with Crippen LogP contribution in [0.4, 0.5) is 16.5 Å². The summed E-state index contributed by atoms with van der Waals surface area (Å²) in [5.41, 5.74) is 7.50. The Hall–Kier alpha value is -2.08. The molecule has 0 bridgehead atoms. The molecule has 0 saturated carbocycles. The topological polar surface area (TPSA) is 71.2 Å². The third-order valence-electron chi connectivity index (χ3n) is 2.77. The number of nitrogens with zero attached hydrogens (tertiary/aromatic N) is 2. The number of rotatable bonds is 2. The highest BCUT2D eigenvalue weighted by Crippen LogP contribution is 2.30. The Morgan fingerprint density at radius 1 is 1.44 bits per heavy atom. The second-order valence-corrected chi connectivity index (χ2v) is 5.23. The third-order valence-corrected chi connectivity index (χ3v) is 3.58. The number of fused-ring (bicyclic) bond motifs is 1. The van der Waals surface area contributed by atoms with Crippen molar-refractivity contribution in [1.29, 1.82) is 0 Å². The Balaban J connectivity index is 1.90. The SMILES string of the molecule is Nc1ncc(CN2CC(=O)Nc3ccccc32)s1. The van der Waals surface area contributed by atoms with Crippen molar-refractivity contribution in [1.82, 2.24) is 4.98 Å². The van der Waals surface area contributed by atoms with E-state index in [4.69, 9.17) is 5.73 Å². The molecule has 1 aliphatic heterocycles. The van der Waals surface area contributed by atoms with Gasteiger partial charge in [0.05, 0.1) is 24.5 Å². The van der Waals surface area contributed by atoms with Crippen LogP contribution in [0.15, 0.2) is 30.5 Å². The molecule has 0 aliphatic carbocycles. The van der Waals surface area contributed by atoms with Crippen LogP contribution in [-0.2, 0) is 11.3 Å². The number of carbonyl (C=O) groups excluding carboxylic acids is 1. The molecule has 0 radical (unpaired) electrons. The van der Waals surface area contributed by atoms with Crippen molar-refractivity contribution in [2.75, 3.05) is 22.5 Å². The molecule has 92 valence electrons. The van der Waals surface area contributed by atoms with E-state index in [9.17, 15) is 4.79 Å². The Morgan fingerprint density at radius 3 is 3.06 bits per heavy atom. The van der Waals surface area contributed by atoms with Gasteiger partial charge in [0.2, 0.25) is 5.91 Å². The van der Waals surface area contributed by atoms with Crippen molar-refractivity contribution in [3.05, 3.63) is 35.3 Å². The van der Waals surface area contributed by atoms with Crippen molar-refractivity contribution in [2.24, 2.45) is 0 Å². The summed E-state index contributed by atoms with van der Waals surface area (Å²) in [4.78, 5) is 18.7. The average molecular weight is 260 g/mol. The third kappa shape index (κ3) is 2.02. The lowest BCUT2D eigenvalue weighted by atomic mass is 10.2. The summed E-state index contributed by atoms with van der Waals surface area (Å²) in [6.07, 6.45) is 1.76. The van der Waals surface area contributed by atoms with E-state index in [1.807, 2.05) is 29.2 Å². The molecule has 0 fully saturated rings. The Morgan fingerprint density at radius 2 is 2.28 bits per heavy atom.